The van der Waals surface area contributed by atoms with E-state index in [-0.39, 0.29) is 0 Å². The first-order valence-corrected chi connectivity index (χ1v) is 5.72. The number of benzene rings is 2. The summed E-state index contributed by atoms with van der Waals surface area (Å²) in [6.45, 7) is 2.28. The zero-order valence-electron chi connectivity index (χ0n) is 9.35. The van der Waals surface area contributed by atoms with Gasteiger partial charge in [-0.2, -0.15) is 0 Å². The molecule has 0 bridgehead atoms. The molecule has 2 aromatic rings. The number of hydrogen-bond donors (Lipinski definition) is 0. The predicted molar refractivity (Wildman–Crippen MR) is 69.2 cm³/mol. The van der Waals surface area contributed by atoms with Gasteiger partial charge in [0.25, 0.3) is 0 Å². The van der Waals surface area contributed by atoms with Gasteiger partial charge in [-0.3, -0.25) is 0 Å². The summed E-state index contributed by atoms with van der Waals surface area (Å²) >= 11 is 0. The van der Waals surface area contributed by atoms with Crippen molar-refractivity contribution in [3.8, 4) is 0 Å². The van der Waals surface area contributed by atoms with Crippen LogP contribution in [0.3, 0.4) is 0 Å². The van der Waals surface area contributed by atoms with Gasteiger partial charge in [0.15, 0.2) is 0 Å². The number of allylic oxidation sites excluding steroid dienone is 1. The third-order valence-electron chi connectivity index (χ3n) is 3.35. The van der Waals surface area contributed by atoms with Crippen molar-refractivity contribution >= 4 is 11.6 Å². The van der Waals surface area contributed by atoms with Gasteiger partial charge in [0, 0.05) is 5.92 Å². The summed E-state index contributed by atoms with van der Waals surface area (Å²) in [7, 11) is 0. The summed E-state index contributed by atoms with van der Waals surface area (Å²) in [4.78, 5) is 0. The number of hydrogen-bond acceptors (Lipinski definition) is 0. The molecule has 0 amide bonds. The molecule has 0 fully saturated rings. The molecule has 2 aromatic carbocycles. The predicted octanol–water partition coefficient (Wildman–Crippen LogP) is 4.34. The van der Waals surface area contributed by atoms with Crippen LogP contribution in [-0.4, -0.2) is 0 Å². The molecular formula is C16H14. The average Bonchev–Trinajstić information content (AvgIpc) is 2.69. The summed E-state index contributed by atoms with van der Waals surface area (Å²) < 4.78 is 0. The highest BCUT2D eigenvalue weighted by Gasteiger charge is 2.21. The van der Waals surface area contributed by atoms with E-state index in [1.807, 2.05) is 0 Å². The van der Waals surface area contributed by atoms with Gasteiger partial charge < -0.3 is 0 Å². The lowest BCUT2D eigenvalue weighted by Crippen LogP contribution is -1.92. The minimum Gasteiger partial charge on any atom is -0.0622 e. The van der Waals surface area contributed by atoms with Crippen molar-refractivity contribution in [2.24, 2.45) is 0 Å². The van der Waals surface area contributed by atoms with Crippen LogP contribution in [0.15, 0.2) is 54.6 Å². The minimum atomic E-state index is 0.513. The largest absolute Gasteiger partial charge is 0.0622 e. The van der Waals surface area contributed by atoms with Gasteiger partial charge in [-0.25, -0.2) is 0 Å². The minimum absolute atomic E-state index is 0.513. The maximum absolute atomic E-state index is 2.31. The quantitative estimate of drug-likeness (QED) is 0.651. The van der Waals surface area contributed by atoms with Crippen molar-refractivity contribution in [2.45, 2.75) is 12.8 Å². The smallest absolute Gasteiger partial charge is 0.00730 e. The first kappa shape index (κ1) is 9.41. The third kappa shape index (κ3) is 1.38. The normalized spacial score (nSPS) is 18.1. The second kappa shape index (κ2) is 3.64. The van der Waals surface area contributed by atoms with Crippen molar-refractivity contribution < 1.29 is 0 Å². The first-order valence-electron chi connectivity index (χ1n) is 5.72. The fourth-order valence-corrected chi connectivity index (χ4v) is 2.46. The van der Waals surface area contributed by atoms with Crippen molar-refractivity contribution in [3.05, 3.63) is 71.3 Å². The second-order valence-electron chi connectivity index (χ2n) is 4.32. The molecule has 16 heavy (non-hydrogen) atoms. The Labute approximate surface area is 96.3 Å². The molecule has 1 aliphatic carbocycles. The van der Waals surface area contributed by atoms with Crippen LogP contribution in [0.4, 0.5) is 0 Å². The van der Waals surface area contributed by atoms with Crippen LogP contribution in [0, 0.1) is 0 Å². The average molecular weight is 206 g/mol. The van der Waals surface area contributed by atoms with Gasteiger partial charge in [-0.05, 0) is 22.3 Å². The van der Waals surface area contributed by atoms with Crippen molar-refractivity contribution in [2.75, 3.05) is 0 Å². The summed E-state index contributed by atoms with van der Waals surface area (Å²) in [5, 5.41) is 0. The van der Waals surface area contributed by atoms with Gasteiger partial charge >= 0.3 is 0 Å². The monoisotopic (exact) mass is 206 g/mol. The molecule has 3 rings (SSSR count). The zero-order chi connectivity index (χ0) is 11.0. The maximum atomic E-state index is 2.31. The number of rotatable bonds is 1. The van der Waals surface area contributed by atoms with Gasteiger partial charge in [0.05, 0.1) is 0 Å². The van der Waals surface area contributed by atoms with Gasteiger partial charge in [-0.1, -0.05) is 67.6 Å². The molecule has 1 atom stereocenters. The molecule has 0 heteroatoms. The summed E-state index contributed by atoms with van der Waals surface area (Å²) in [6.07, 6.45) is 2.31. The third-order valence-corrected chi connectivity index (χ3v) is 3.35. The molecule has 1 aliphatic rings. The second-order valence-corrected chi connectivity index (χ2v) is 4.32. The van der Waals surface area contributed by atoms with Crippen molar-refractivity contribution in [1.82, 2.24) is 0 Å². The molecular weight excluding hydrogens is 192 g/mol. The Morgan fingerprint density at radius 3 is 2.25 bits per heavy atom. The lowest BCUT2D eigenvalue weighted by Gasteiger charge is -2.11. The molecule has 0 radical (unpaired) electrons. The van der Waals surface area contributed by atoms with Crippen molar-refractivity contribution in [3.63, 3.8) is 0 Å². The molecule has 0 aromatic heterocycles. The Bertz CT molecular complexity index is 535. The molecule has 0 N–H and O–H groups in total. The van der Waals surface area contributed by atoms with E-state index in [0.717, 1.165) is 0 Å². The highest BCUT2D eigenvalue weighted by molar-refractivity contribution is 5.91. The van der Waals surface area contributed by atoms with E-state index in [0.29, 0.717) is 5.92 Å². The van der Waals surface area contributed by atoms with Crippen molar-refractivity contribution in [1.29, 1.82) is 0 Å². The van der Waals surface area contributed by atoms with E-state index in [2.05, 4.69) is 67.6 Å². The molecule has 0 saturated heterocycles. The maximum Gasteiger partial charge on any atom is 0.00730 e. The van der Waals surface area contributed by atoms with Gasteiger partial charge in [0.1, 0.15) is 0 Å². The molecule has 0 nitrogen and oxygen atoms in total. The van der Waals surface area contributed by atoms with E-state index in [4.69, 9.17) is 0 Å². The fraction of sp³-hybridized carbons (Fsp3) is 0.125. The Morgan fingerprint density at radius 2 is 1.50 bits per heavy atom. The molecule has 0 unspecified atom stereocenters. The fourth-order valence-electron chi connectivity index (χ4n) is 2.46. The van der Waals surface area contributed by atoms with E-state index < -0.39 is 0 Å². The number of fused-ring (bicyclic) bond motifs is 1. The SMILES string of the molecule is C[C@@H]1C(c2ccccc2)=Cc2ccccc21. The van der Waals surface area contributed by atoms with Crippen LogP contribution in [0.5, 0.6) is 0 Å². The van der Waals surface area contributed by atoms with E-state index in [9.17, 15) is 0 Å². The summed E-state index contributed by atoms with van der Waals surface area (Å²) in [5.41, 5.74) is 5.59. The van der Waals surface area contributed by atoms with Crippen LogP contribution >= 0.6 is 0 Å². The van der Waals surface area contributed by atoms with Gasteiger partial charge in [0.2, 0.25) is 0 Å². The Kier molecular flexibility index (Phi) is 2.14. The highest BCUT2D eigenvalue weighted by Crippen LogP contribution is 2.41. The molecule has 0 saturated carbocycles. The highest BCUT2D eigenvalue weighted by atomic mass is 14.2. The Balaban J connectivity index is 2.09. The standard InChI is InChI=1S/C16H14/c1-12-15-10-6-5-9-14(15)11-16(12)13-7-3-2-4-8-13/h2-12H,1H3/t12-/m0/s1. The van der Waals surface area contributed by atoms with Crippen LogP contribution in [0.1, 0.15) is 29.5 Å². The van der Waals surface area contributed by atoms with Crippen LogP contribution in [-0.2, 0) is 0 Å². The molecule has 0 heterocycles. The zero-order valence-corrected chi connectivity index (χ0v) is 9.35. The molecule has 78 valence electrons. The van der Waals surface area contributed by atoms with E-state index in [1.165, 1.54) is 22.3 Å². The summed E-state index contributed by atoms with van der Waals surface area (Å²) in [6, 6.07) is 19.3. The van der Waals surface area contributed by atoms with Gasteiger partial charge in [-0.15, -0.1) is 0 Å². The topological polar surface area (TPSA) is 0 Å². The van der Waals surface area contributed by atoms with Crippen LogP contribution in [0.2, 0.25) is 0 Å². The summed E-state index contributed by atoms with van der Waals surface area (Å²) in [5.74, 6) is 0.513. The van der Waals surface area contributed by atoms with Crippen LogP contribution < -0.4 is 0 Å². The Morgan fingerprint density at radius 1 is 0.812 bits per heavy atom. The molecule has 0 spiro atoms. The lowest BCUT2D eigenvalue weighted by molar-refractivity contribution is 1.01. The Hall–Kier alpha value is -1.82. The van der Waals surface area contributed by atoms with E-state index >= 15 is 0 Å². The first-order chi connectivity index (χ1) is 7.86. The molecule has 0 aliphatic heterocycles. The van der Waals surface area contributed by atoms with E-state index in [1.54, 1.807) is 0 Å². The van der Waals surface area contributed by atoms with Crippen LogP contribution in [0.25, 0.3) is 11.6 Å². The lowest BCUT2D eigenvalue weighted by atomic mass is 9.93.